The molecular formula is C32H37N5O7S. The van der Waals surface area contributed by atoms with Gasteiger partial charge in [0.1, 0.15) is 5.75 Å². The largest absolute Gasteiger partial charge is 0.497 e. The van der Waals surface area contributed by atoms with E-state index in [1.54, 1.807) is 49.6 Å². The highest BCUT2D eigenvalue weighted by atomic mass is 32.1. The molecule has 45 heavy (non-hydrogen) atoms. The number of hydrogen-bond acceptors (Lipinski definition) is 8. The number of carboxylic acid groups (broad SMARTS) is 1. The van der Waals surface area contributed by atoms with Gasteiger partial charge in [-0.15, -0.1) is 11.3 Å². The maximum atomic E-state index is 13.4. The summed E-state index contributed by atoms with van der Waals surface area (Å²) in [7, 11) is 1.58. The number of methoxy groups -OCH3 is 1. The molecule has 2 fully saturated rings. The van der Waals surface area contributed by atoms with Crippen LogP contribution in [-0.2, 0) is 20.7 Å². The highest BCUT2D eigenvalue weighted by Crippen LogP contribution is 2.30. The van der Waals surface area contributed by atoms with Crippen molar-refractivity contribution in [1.82, 2.24) is 15.1 Å². The molecule has 4 amide bonds. The third kappa shape index (κ3) is 8.31. The molecule has 12 nitrogen and oxygen atoms in total. The average Bonchev–Trinajstić information content (AvgIpc) is 3.60. The number of aliphatic carboxylic acids is 1. The molecule has 1 aromatic heterocycles. The molecule has 0 spiro atoms. The van der Waals surface area contributed by atoms with Gasteiger partial charge in [0.25, 0.3) is 5.91 Å². The zero-order chi connectivity index (χ0) is 31.8. The Hall–Kier alpha value is -4.62. The summed E-state index contributed by atoms with van der Waals surface area (Å²) in [5.41, 5.74) is 2.27. The van der Waals surface area contributed by atoms with Gasteiger partial charge in [-0.05, 0) is 47.3 Å². The summed E-state index contributed by atoms with van der Waals surface area (Å²) < 4.78 is 10.6. The van der Waals surface area contributed by atoms with Crippen LogP contribution in [0.5, 0.6) is 5.75 Å². The number of morpholine rings is 1. The van der Waals surface area contributed by atoms with E-state index in [2.05, 4.69) is 15.5 Å². The number of amides is 4. The Balaban J connectivity index is 1.34. The van der Waals surface area contributed by atoms with Crippen LogP contribution in [0.25, 0.3) is 0 Å². The summed E-state index contributed by atoms with van der Waals surface area (Å²) in [5.74, 6) is -1.05. The number of carboxylic acids is 1. The molecule has 13 heteroatoms. The van der Waals surface area contributed by atoms with E-state index in [1.165, 1.54) is 11.3 Å². The lowest BCUT2D eigenvalue weighted by Gasteiger charge is -2.39. The van der Waals surface area contributed by atoms with E-state index in [0.29, 0.717) is 63.9 Å². The van der Waals surface area contributed by atoms with Gasteiger partial charge in [-0.25, -0.2) is 4.79 Å². The van der Waals surface area contributed by atoms with E-state index < -0.39 is 17.9 Å². The summed E-state index contributed by atoms with van der Waals surface area (Å²) in [6.45, 7) is 4.33. The number of urea groups is 1. The van der Waals surface area contributed by atoms with Crippen LogP contribution in [-0.4, -0.2) is 98.3 Å². The topological polar surface area (TPSA) is 141 Å². The van der Waals surface area contributed by atoms with Crippen molar-refractivity contribution in [3.63, 3.8) is 0 Å². The fourth-order valence-electron chi connectivity index (χ4n) is 5.40. The second kappa shape index (κ2) is 14.9. The Morgan fingerprint density at radius 1 is 0.956 bits per heavy atom. The number of nitrogens with one attached hydrogen (secondary N) is 2. The molecule has 5 rings (SSSR count). The lowest BCUT2D eigenvalue weighted by molar-refractivity contribution is -0.137. The predicted octanol–water partition coefficient (Wildman–Crippen LogP) is 3.46. The molecule has 2 aliphatic rings. The van der Waals surface area contributed by atoms with Gasteiger partial charge in [0.15, 0.2) is 0 Å². The van der Waals surface area contributed by atoms with Crippen LogP contribution in [0.15, 0.2) is 60.0 Å². The standard InChI is InChI=1S/C32H37N5O7S/c1-43-24-7-4-22(5-8-24)19-29(38)33-25-20-23(31(41)34-26(21-30(39)40)28-3-2-18-45-28)6-9-27(25)35-10-12-36(13-11-35)32(42)37-14-16-44-17-15-37/h2-9,18,20,26H,10-17,19,21H2,1H3,(H,33,38)(H,34,41)(H,39,40). The molecule has 0 radical (unpaired) electrons. The smallest absolute Gasteiger partial charge is 0.320 e. The van der Waals surface area contributed by atoms with Crippen LogP contribution in [0.1, 0.15) is 33.3 Å². The number of thiophene rings is 1. The zero-order valence-corrected chi connectivity index (χ0v) is 25.9. The third-order valence-corrected chi connectivity index (χ3v) is 8.79. The van der Waals surface area contributed by atoms with Gasteiger partial charge in [-0.3, -0.25) is 14.4 Å². The Morgan fingerprint density at radius 2 is 1.67 bits per heavy atom. The number of piperazine rings is 1. The van der Waals surface area contributed by atoms with Gasteiger partial charge in [0.05, 0.1) is 50.6 Å². The van der Waals surface area contributed by atoms with Crippen LogP contribution in [0, 0.1) is 0 Å². The molecule has 0 aliphatic carbocycles. The number of hydrogen-bond donors (Lipinski definition) is 3. The number of anilines is 2. The van der Waals surface area contributed by atoms with Gasteiger partial charge in [-0.2, -0.15) is 0 Å². The quantitative estimate of drug-likeness (QED) is 0.308. The second-order valence-corrected chi connectivity index (χ2v) is 11.8. The van der Waals surface area contributed by atoms with Crippen LogP contribution in [0.4, 0.5) is 16.2 Å². The van der Waals surface area contributed by atoms with Crippen LogP contribution < -0.4 is 20.3 Å². The minimum Gasteiger partial charge on any atom is -0.497 e. The van der Waals surface area contributed by atoms with Crippen molar-refractivity contribution in [3.05, 3.63) is 76.0 Å². The Morgan fingerprint density at radius 3 is 2.31 bits per heavy atom. The van der Waals surface area contributed by atoms with Crippen molar-refractivity contribution in [2.45, 2.75) is 18.9 Å². The number of nitrogens with zero attached hydrogens (tertiary/aromatic N) is 3. The molecule has 0 bridgehead atoms. The predicted molar refractivity (Wildman–Crippen MR) is 170 cm³/mol. The highest BCUT2D eigenvalue weighted by molar-refractivity contribution is 7.10. The highest BCUT2D eigenvalue weighted by Gasteiger charge is 2.28. The lowest BCUT2D eigenvalue weighted by atomic mass is 10.1. The maximum absolute atomic E-state index is 13.4. The van der Waals surface area contributed by atoms with Crippen molar-refractivity contribution >= 4 is 46.5 Å². The first-order chi connectivity index (χ1) is 21.8. The van der Waals surface area contributed by atoms with Crippen molar-refractivity contribution in [2.75, 3.05) is 69.8 Å². The number of rotatable bonds is 10. The van der Waals surface area contributed by atoms with Gasteiger partial charge in [0.2, 0.25) is 5.91 Å². The van der Waals surface area contributed by atoms with Crippen LogP contribution >= 0.6 is 11.3 Å². The summed E-state index contributed by atoms with van der Waals surface area (Å²) in [4.78, 5) is 57.6. The SMILES string of the molecule is COc1ccc(CC(=O)Nc2cc(C(=O)NC(CC(=O)O)c3cccs3)ccc2N2CCN(C(=O)N3CCOCC3)CC2)cc1. The number of carbonyl (C=O) groups excluding carboxylic acids is 3. The Kier molecular flexibility index (Phi) is 10.5. The molecule has 2 aromatic carbocycles. The number of carbonyl (C=O) groups is 4. The molecule has 2 saturated heterocycles. The van der Waals surface area contributed by atoms with E-state index >= 15 is 0 Å². The molecule has 3 N–H and O–H groups in total. The number of benzene rings is 2. The Labute approximate surface area is 265 Å². The minimum atomic E-state index is -1.03. The van der Waals surface area contributed by atoms with Crippen LogP contribution in [0.3, 0.4) is 0 Å². The van der Waals surface area contributed by atoms with E-state index in [1.807, 2.05) is 27.3 Å². The molecule has 1 unspecified atom stereocenters. The molecule has 3 heterocycles. The van der Waals surface area contributed by atoms with Crippen molar-refractivity contribution in [2.24, 2.45) is 0 Å². The molecule has 3 aromatic rings. The van der Waals surface area contributed by atoms with E-state index in [-0.39, 0.29) is 30.3 Å². The lowest BCUT2D eigenvalue weighted by Crippen LogP contribution is -2.54. The molecule has 0 saturated carbocycles. The van der Waals surface area contributed by atoms with E-state index in [9.17, 15) is 24.3 Å². The summed E-state index contributed by atoms with van der Waals surface area (Å²) in [6.07, 6.45) is -0.149. The Bertz CT molecular complexity index is 1480. The van der Waals surface area contributed by atoms with Gasteiger partial charge in [0, 0.05) is 49.7 Å². The van der Waals surface area contributed by atoms with Crippen molar-refractivity contribution in [1.29, 1.82) is 0 Å². The average molecular weight is 636 g/mol. The number of ether oxygens (including phenoxy) is 2. The summed E-state index contributed by atoms with van der Waals surface area (Å²) in [6, 6.07) is 15.2. The van der Waals surface area contributed by atoms with Crippen molar-refractivity contribution < 1.29 is 33.8 Å². The minimum absolute atomic E-state index is 0.000331. The molecular weight excluding hydrogens is 598 g/mol. The van der Waals surface area contributed by atoms with Crippen LogP contribution in [0.2, 0.25) is 0 Å². The van der Waals surface area contributed by atoms with Gasteiger partial charge < -0.3 is 39.9 Å². The van der Waals surface area contributed by atoms with E-state index in [4.69, 9.17) is 9.47 Å². The maximum Gasteiger partial charge on any atom is 0.320 e. The van der Waals surface area contributed by atoms with Gasteiger partial charge in [-0.1, -0.05) is 18.2 Å². The molecule has 1 atom stereocenters. The molecule has 2 aliphatic heterocycles. The monoisotopic (exact) mass is 635 g/mol. The first kappa shape index (κ1) is 31.8. The molecule has 238 valence electrons. The first-order valence-electron chi connectivity index (χ1n) is 14.8. The zero-order valence-electron chi connectivity index (χ0n) is 25.1. The first-order valence-corrected chi connectivity index (χ1v) is 15.7. The van der Waals surface area contributed by atoms with Gasteiger partial charge >= 0.3 is 12.0 Å². The van der Waals surface area contributed by atoms with Crippen molar-refractivity contribution in [3.8, 4) is 5.75 Å². The fourth-order valence-corrected chi connectivity index (χ4v) is 6.18. The summed E-state index contributed by atoms with van der Waals surface area (Å²) in [5, 5.41) is 17.1. The fraction of sp³-hybridized carbons (Fsp3) is 0.375. The third-order valence-electron chi connectivity index (χ3n) is 7.80. The normalized spacial score (nSPS) is 15.7. The van der Waals surface area contributed by atoms with E-state index in [0.717, 1.165) is 16.1 Å². The summed E-state index contributed by atoms with van der Waals surface area (Å²) >= 11 is 1.37. The second-order valence-electron chi connectivity index (χ2n) is 10.8.